The molecule has 0 amide bonds. The number of aliphatic imine (C=N–C) groups is 1. The van der Waals surface area contributed by atoms with E-state index in [-0.39, 0.29) is 40.7 Å². The number of phosphoric acid groups is 1. The van der Waals surface area contributed by atoms with Crippen molar-refractivity contribution in [1.82, 2.24) is 33.8 Å². The van der Waals surface area contributed by atoms with Gasteiger partial charge in [-0.3, -0.25) is 27.2 Å². The molecule has 4 aliphatic rings. The number of nitrogen functional groups attached to an aromatic ring is 1. The van der Waals surface area contributed by atoms with Gasteiger partial charge in [-0.15, -0.1) is 0 Å². The van der Waals surface area contributed by atoms with Crippen molar-refractivity contribution in [2.24, 2.45) is 4.99 Å². The molecular weight excluding hydrogens is 639 g/mol. The summed E-state index contributed by atoms with van der Waals surface area (Å²) in [6.07, 6.45) is -7.93. The summed E-state index contributed by atoms with van der Waals surface area (Å²) in [4.78, 5) is 42.5. The fraction of sp³-hybridized carbons (Fsp3) is 0.524. The van der Waals surface area contributed by atoms with Crippen LogP contribution in [0.25, 0.3) is 11.2 Å². The van der Waals surface area contributed by atoms with Crippen molar-refractivity contribution in [2.45, 2.75) is 55.6 Å². The third-order valence-corrected chi connectivity index (χ3v) is 9.37. The summed E-state index contributed by atoms with van der Waals surface area (Å²) in [5, 5.41) is 0. The number of hydrogen-bond acceptors (Lipinski definition) is 15. The number of carbonyl (C=O) groups is 1. The number of ether oxygens (including phenoxy) is 2. The summed E-state index contributed by atoms with van der Waals surface area (Å²) in [5.74, 6) is -0.406. The molecule has 9 atom stereocenters. The smallest absolute Gasteiger partial charge is 0.382 e. The van der Waals surface area contributed by atoms with Gasteiger partial charge in [0.2, 0.25) is 0 Å². The average molecular weight is 661 g/mol. The average Bonchev–Trinajstić information content (AvgIpc) is 3.73. The Morgan fingerprint density at radius 2 is 1.80 bits per heavy atom. The van der Waals surface area contributed by atoms with Gasteiger partial charge in [0.05, 0.1) is 31.9 Å². The first kappa shape index (κ1) is 29.4. The van der Waals surface area contributed by atoms with E-state index in [4.69, 9.17) is 28.4 Å². The molecule has 19 nitrogen and oxygen atoms in total. The lowest BCUT2D eigenvalue weighted by molar-refractivity contribution is -0.0503. The molecule has 3 aromatic heterocycles. The van der Waals surface area contributed by atoms with Gasteiger partial charge in [0, 0.05) is 12.6 Å². The van der Waals surface area contributed by atoms with Crippen LogP contribution in [-0.4, -0.2) is 104 Å². The molecule has 4 aliphatic heterocycles. The zero-order valence-corrected chi connectivity index (χ0v) is 23.7. The lowest BCUT2D eigenvalue weighted by Crippen LogP contribution is -2.48. The molecule has 7 heterocycles. The number of rotatable bonds is 2. The number of nitrogens with one attached hydrogen (secondary N) is 1. The maximum absolute atomic E-state index is 15.9. The van der Waals surface area contributed by atoms with Crippen LogP contribution in [0.1, 0.15) is 29.4 Å². The first-order chi connectivity index (χ1) is 20.9. The van der Waals surface area contributed by atoms with E-state index in [0.717, 1.165) is 28.1 Å². The molecule has 23 heteroatoms. The maximum Gasteiger partial charge on any atom is 0.472 e. The summed E-state index contributed by atoms with van der Waals surface area (Å²) >= 11 is 0. The van der Waals surface area contributed by atoms with Crippen molar-refractivity contribution in [3.05, 3.63) is 24.7 Å². The first-order valence-electron chi connectivity index (χ1n) is 12.9. The van der Waals surface area contributed by atoms with Gasteiger partial charge in [-0.1, -0.05) is 0 Å². The van der Waals surface area contributed by atoms with Crippen molar-refractivity contribution in [3.63, 3.8) is 0 Å². The summed E-state index contributed by atoms with van der Waals surface area (Å²) in [5.41, 5.74) is 5.94. The second-order valence-electron chi connectivity index (χ2n) is 10.1. The highest BCUT2D eigenvalue weighted by Crippen LogP contribution is 2.50. The molecule has 9 unspecified atom stereocenters. The second kappa shape index (κ2) is 10.6. The molecule has 3 saturated heterocycles. The Balaban J connectivity index is 1.16. The Morgan fingerprint density at radius 3 is 2.61 bits per heavy atom. The molecular formula is C21H22F2N9O10PS. The van der Waals surface area contributed by atoms with Gasteiger partial charge in [-0.2, -0.15) is 13.1 Å². The van der Waals surface area contributed by atoms with Crippen LogP contribution in [0.2, 0.25) is 0 Å². The Bertz CT molecular complexity index is 1820. The van der Waals surface area contributed by atoms with Crippen LogP contribution in [0, 0.1) is 0 Å². The quantitative estimate of drug-likeness (QED) is 0.301. The Labute approximate surface area is 245 Å². The Kier molecular flexibility index (Phi) is 7.10. The predicted octanol–water partition coefficient (Wildman–Crippen LogP) is -0.200. The minimum Gasteiger partial charge on any atom is -0.382 e. The van der Waals surface area contributed by atoms with E-state index in [1.807, 2.05) is 4.72 Å². The highest BCUT2D eigenvalue weighted by Gasteiger charge is 2.54. The van der Waals surface area contributed by atoms with Gasteiger partial charge in [-0.25, -0.2) is 38.3 Å². The van der Waals surface area contributed by atoms with Crippen LogP contribution in [0.4, 0.5) is 20.4 Å². The number of halogens is 2. The molecule has 0 spiro atoms. The van der Waals surface area contributed by atoms with Gasteiger partial charge < -0.3 is 20.1 Å². The fourth-order valence-corrected chi connectivity index (χ4v) is 7.30. The number of phosphoric ester groups is 1. The van der Waals surface area contributed by atoms with E-state index < -0.39 is 80.5 Å². The molecule has 3 fully saturated rings. The van der Waals surface area contributed by atoms with Crippen LogP contribution >= 0.6 is 7.82 Å². The molecule has 0 saturated carbocycles. The van der Waals surface area contributed by atoms with Crippen molar-refractivity contribution < 1.29 is 54.2 Å². The molecule has 3 aromatic rings. The minimum atomic E-state index is -5.13. The van der Waals surface area contributed by atoms with E-state index in [9.17, 15) is 22.7 Å². The number of ketones is 1. The maximum atomic E-state index is 15.9. The van der Waals surface area contributed by atoms with E-state index in [1.165, 1.54) is 6.21 Å². The third kappa shape index (κ3) is 5.01. The summed E-state index contributed by atoms with van der Waals surface area (Å²) < 4.78 is 101. The monoisotopic (exact) mass is 661 g/mol. The van der Waals surface area contributed by atoms with E-state index in [1.54, 1.807) is 0 Å². The lowest BCUT2D eigenvalue weighted by Gasteiger charge is -2.26. The summed E-state index contributed by atoms with van der Waals surface area (Å²) in [7, 11) is -9.92. The number of carbonyl (C=O) groups excluding carboxylic acids is 1. The van der Waals surface area contributed by atoms with Crippen LogP contribution in [0.3, 0.4) is 0 Å². The van der Waals surface area contributed by atoms with Gasteiger partial charge in [0.1, 0.15) is 30.2 Å². The second-order valence-corrected chi connectivity index (χ2v) is 12.9. The van der Waals surface area contributed by atoms with Crippen molar-refractivity contribution in [2.75, 3.05) is 18.9 Å². The molecule has 0 radical (unpaired) electrons. The van der Waals surface area contributed by atoms with E-state index >= 15 is 8.78 Å². The zero-order valence-electron chi connectivity index (χ0n) is 22.0. The molecule has 236 valence electrons. The first-order valence-corrected chi connectivity index (χ1v) is 15.8. The molecule has 0 aliphatic carbocycles. The van der Waals surface area contributed by atoms with E-state index in [2.05, 4.69) is 24.9 Å². The number of Topliss-reactive ketones (excluding diaryl/α,β-unsaturated/α-hetero) is 1. The highest BCUT2D eigenvalue weighted by atomic mass is 32.2. The highest BCUT2D eigenvalue weighted by molar-refractivity contribution is 7.84. The molecule has 0 aromatic carbocycles. The molecule has 4 N–H and O–H groups in total. The van der Waals surface area contributed by atoms with Crippen LogP contribution in [0.5, 0.6) is 0 Å². The minimum absolute atomic E-state index is 0.000219. The number of imidazole rings is 2. The third-order valence-electron chi connectivity index (χ3n) is 7.38. The topological polar surface area (TPSA) is 246 Å². The largest absolute Gasteiger partial charge is 0.472 e. The van der Waals surface area contributed by atoms with Crippen molar-refractivity contribution in [3.8, 4) is 0 Å². The van der Waals surface area contributed by atoms with Crippen LogP contribution < -0.4 is 10.5 Å². The molecule has 44 heavy (non-hydrogen) atoms. The number of fused-ring (bicyclic) bond motifs is 4. The number of nitrogens with two attached hydrogens (primary N) is 1. The van der Waals surface area contributed by atoms with E-state index in [0.29, 0.717) is 0 Å². The van der Waals surface area contributed by atoms with Crippen LogP contribution in [0.15, 0.2) is 24.0 Å². The van der Waals surface area contributed by atoms with Crippen molar-refractivity contribution in [1.29, 1.82) is 0 Å². The lowest BCUT2D eigenvalue weighted by atomic mass is 10.1. The number of anilines is 1. The number of alkyl halides is 2. The summed E-state index contributed by atoms with van der Waals surface area (Å²) in [6.45, 7) is -1.82. The van der Waals surface area contributed by atoms with Crippen LogP contribution in [-0.2, 0) is 37.6 Å². The van der Waals surface area contributed by atoms with Crippen molar-refractivity contribution >= 4 is 52.9 Å². The fourth-order valence-electron chi connectivity index (χ4n) is 5.34. The Morgan fingerprint density at radius 1 is 1.05 bits per heavy atom. The molecule has 7 rings (SSSR count). The van der Waals surface area contributed by atoms with Gasteiger partial charge in [0.25, 0.3) is 0 Å². The Hall–Kier alpha value is -3.34. The standard InChI is InChI=1S/C21H22F2N9O10PS/c22-11-14-9(40-20(11)32-7-29-15-17(24)26-5-27-19(15)32)3-38-43(34,35)42-16-10(4-39-44(36,37)30-14)41-21(12(16)23)31-6-28-13-8(33)1-2-25-18(13)31/h2,5-7,9-12,14,16,20-21,30H,1,3-4H2,(H,34,35)(H2,24,26,27). The summed E-state index contributed by atoms with van der Waals surface area (Å²) in [6, 6.07) is -1.71. The SMILES string of the molecule is Nc1ncnc2c1ncn2C1OC2COP(=O)(O)OC3C(COS(=O)(=O)NC2C1F)OC(n1cnc2c1N=CCC2=O)C3F. The number of hydrogen-bond donors (Lipinski definition) is 3. The number of nitrogens with zero attached hydrogens (tertiary/aromatic N) is 7. The van der Waals surface area contributed by atoms with Gasteiger partial charge in [0.15, 0.2) is 53.6 Å². The molecule has 0 bridgehead atoms. The number of aromatic nitrogens is 6. The van der Waals surface area contributed by atoms with Gasteiger partial charge >= 0.3 is 18.1 Å². The van der Waals surface area contributed by atoms with Gasteiger partial charge in [-0.05, 0) is 0 Å². The predicted molar refractivity (Wildman–Crippen MR) is 139 cm³/mol. The normalized spacial score (nSPS) is 37.2. The zero-order chi connectivity index (χ0) is 31.0.